The number of aryl methyl sites for hydroxylation is 1. The molecule has 5 heteroatoms. The number of benzene rings is 1. The highest BCUT2D eigenvalue weighted by molar-refractivity contribution is 5.83. The number of hydrogen-bond donors (Lipinski definition) is 1. The van der Waals surface area contributed by atoms with E-state index in [9.17, 15) is 9.59 Å². The highest BCUT2D eigenvalue weighted by Gasteiger charge is 2.25. The molecule has 0 saturated heterocycles. The van der Waals surface area contributed by atoms with Crippen LogP contribution in [0.3, 0.4) is 0 Å². The summed E-state index contributed by atoms with van der Waals surface area (Å²) in [6.07, 6.45) is 6.25. The Labute approximate surface area is 142 Å². The number of ether oxygens (including phenoxy) is 1. The number of carbonyl (C=O) groups excluding carboxylic acids is 2. The molecule has 1 aliphatic rings. The number of nitrogens with one attached hydrogen (secondary N) is 1. The van der Waals surface area contributed by atoms with Crippen molar-refractivity contribution in [3.8, 4) is 0 Å². The van der Waals surface area contributed by atoms with Gasteiger partial charge in [0, 0.05) is 37.1 Å². The SMILES string of the molecule is CN(CC1CC1)C(=O)COC(=O)CCCc1c[nH]c2ccccc12. The number of H-pyrrole nitrogens is 1. The van der Waals surface area contributed by atoms with E-state index in [-0.39, 0.29) is 18.5 Å². The van der Waals surface area contributed by atoms with E-state index in [2.05, 4.69) is 11.1 Å². The second-order valence-electron chi connectivity index (χ2n) is 6.59. The molecule has 2 aromatic rings. The largest absolute Gasteiger partial charge is 0.456 e. The quantitative estimate of drug-likeness (QED) is 0.758. The zero-order valence-electron chi connectivity index (χ0n) is 14.1. The van der Waals surface area contributed by atoms with Gasteiger partial charge in [-0.15, -0.1) is 0 Å². The van der Waals surface area contributed by atoms with Crippen LogP contribution < -0.4 is 0 Å². The zero-order valence-corrected chi connectivity index (χ0v) is 14.1. The first kappa shape index (κ1) is 16.6. The molecule has 24 heavy (non-hydrogen) atoms. The summed E-state index contributed by atoms with van der Waals surface area (Å²) in [5.74, 6) is 0.223. The van der Waals surface area contributed by atoms with Crippen molar-refractivity contribution >= 4 is 22.8 Å². The molecule has 128 valence electrons. The summed E-state index contributed by atoms with van der Waals surface area (Å²) in [6, 6.07) is 8.12. The second-order valence-corrected chi connectivity index (χ2v) is 6.59. The average molecular weight is 328 g/mol. The predicted octanol–water partition coefficient (Wildman–Crippen LogP) is 2.90. The first-order valence-corrected chi connectivity index (χ1v) is 8.58. The number of likely N-dealkylation sites (N-methyl/N-ethyl adjacent to an activating group) is 1. The molecule has 1 amide bonds. The molecule has 0 atom stereocenters. The first-order chi connectivity index (χ1) is 11.6. The predicted molar refractivity (Wildman–Crippen MR) is 92.6 cm³/mol. The van der Waals surface area contributed by atoms with Gasteiger partial charge in [-0.3, -0.25) is 9.59 Å². The van der Waals surface area contributed by atoms with Crippen LogP contribution in [0.25, 0.3) is 10.9 Å². The molecule has 1 fully saturated rings. The molecule has 3 rings (SSSR count). The third kappa shape index (κ3) is 4.37. The summed E-state index contributed by atoms with van der Waals surface area (Å²) in [5.41, 5.74) is 2.32. The molecule has 0 spiro atoms. The number of aromatic nitrogens is 1. The van der Waals surface area contributed by atoms with Crippen LogP contribution >= 0.6 is 0 Å². The fourth-order valence-corrected chi connectivity index (χ4v) is 2.88. The summed E-state index contributed by atoms with van der Waals surface area (Å²) < 4.78 is 5.10. The number of carbonyl (C=O) groups is 2. The van der Waals surface area contributed by atoms with Gasteiger partial charge in [0.25, 0.3) is 5.91 Å². The lowest BCUT2D eigenvalue weighted by Gasteiger charge is -2.16. The third-order valence-electron chi connectivity index (χ3n) is 4.51. The zero-order chi connectivity index (χ0) is 16.9. The van der Waals surface area contributed by atoms with Crippen molar-refractivity contribution in [3.05, 3.63) is 36.0 Å². The van der Waals surface area contributed by atoms with Crippen molar-refractivity contribution in [2.75, 3.05) is 20.2 Å². The van der Waals surface area contributed by atoms with Gasteiger partial charge in [0.05, 0.1) is 0 Å². The molecule has 1 aromatic carbocycles. The molecule has 0 aliphatic heterocycles. The molecule has 1 N–H and O–H groups in total. The Hall–Kier alpha value is -2.30. The molecular formula is C19H24N2O3. The van der Waals surface area contributed by atoms with E-state index in [4.69, 9.17) is 4.74 Å². The fourth-order valence-electron chi connectivity index (χ4n) is 2.88. The molecule has 1 aromatic heterocycles. The third-order valence-corrected chi connectivity index (χ3v) is 4.51. The monoisotopic (exact) mass is 328 g/mol. The second kappa shape index (κ2) is 7.51. The number of rotatable bonds is 8. The van der Waals surface area contributed by atoms with E-state index in [1.165, 1.54) is 23.8 Å². The van der Waals surface area contributed by atoms with Crippen LogP contribution in [0, 0.1) is 5.92 Å². The van der Waals surface area contributed by atoms with Gasteiger partial charge in [-0.1, -0.05) is 18.2 Å². The van der Waals surface area contributed by atoms with E-state index in [1.54, 1.807) is 11.9 Å². The first-order valence-electron chi connectivity index (χ1n) is 8.58. The fraction of sp³-hybridized carbons (Fsp3) is 0.474. The van der Waals surface area contributed by atoms with Gasteiger partial charge in [0.1, 0.15) is 0 Å². The summed E-state index contributed by atoms with van der Waals surface area (Å²) in [4.78, 5) is 28.6. The van der Waals surface area contributed by atoms with Crippen LogP contribution in [0.1, 0.15) is 31.2 Å². The minimum absolute atomic E-state index is 0.119. The Morgan fingerprint density at radius 1 is 1.29 bits per heavy atom. The van der Waals surface area contributed by atoms with Gasteiger partial charge >= 0.3 is 5.97 Å². The number of amides is 1. The topological polar surface area (TPSA) is 62.4 Å². The maximum atomic E-state index is 11.9. The van der Waals surface area contributed by atoms with Crippen LogP contribution in [-0.4, -0.2) is 42.0 Å². The Bertz CT molecular complexity index is 718. The number of hydrogen-bond acceptors (Lipinski definition) is 3. The van der Waals surface area contributed by atoms with Gasteiger partial charge in [-0.2, -0.15) is 0 Å². The van der Waals surface area contributed by atoms with E-state index in [0.717, 1.165) is 18.5 Å². The molecule has 0 unspecified atom stereocenters. The van der Waals surface area contributed by atoms with Crippen molar-refractivity contribution < 1.29 is 14.3 Å². The number of para-hydroxylation sites is 1. The average Bonchev–Trinajstić information content (AvgIpc) is 3.31. The minimum atomic E-state index is -0.303. The van der Waals surface area contributed by atoms with Gasteiger partial charge < -0.3 is 14.6 Å². The number of fused-ring (bicyclic) bond motifs is 1. The van der Waals surface area contributed by atoms with Crippen LogP contribution in [0.4, 0.5) is 0 Å². The summed E-state index contributed by atoms with van der Waals surface area (Å²) >= 11 is 0. The number of esters is 1. The molecule has 5 nitrogen and oxygen atoms in total. The Morgan fingerprint density at radius 3 is 2.88 bits per heavy atom. The lowest BCUT2D eigenvalue weighted by Crippen LogP contribution is -2.32. The lowest BCUT2D eigenvalue weighted by molar-refractivity contribution is -0.151. The number of nitrogens with zero attached hydrogens (tertiary/aromatic N) is 1. The van der Waals surface area contributed by atoms with Crippen molar-refractivity contribution in [2.45, 2.75) is 32.1 Å². The van der Waals surface area contributed by atoms with Gasteiger partial charge in [-0.25, -0.2) is 0 Å². The Morgan fingerprint density at radius 2 is 2.08 bits per heavy atom. The van der Waals surface area contributed by atoms with E-state index in [0.29, 0.717) is 18.8 Å². The van der Waals surface area contributed by atoms with E-state index in [1.807, 2.05) is 24.4 Å². The molecule has 1 aliphatic carbocycles. The summed E-state index contributed by atoms with van der Waals surface area (Å²) in [7, 11) is 1.77. The van der Waals surface area contributed by atoms with E-state index >= 15 is 0 Å². The summed E-state index contributed by atoms with van der Waals surface area (Å²) in [6.45, 7) is 0.631. The normalized spacial score (nSPS) is 13.9. The van der Waals surface area contributed by atoms with Gasteiger partial charge in [-0.05, 0) is 43.2 Å². The highest BCUT2D eigenvalue weighted by atomic mass is 16.5. The van der Waals surface area contributed by atoms with Crippen LogP contribution in [0.15, 0.2) is 30.5 Å². The molecule has 1 saturated carbocycles. The molecular weight excluding hydrogens is 304 g/mol. The summed E-state index contributed by atoms with van der Waals surface area (Å²) in [5, 5.41) is 1.20. The van der Waals surface area contributed by atoms with Crippen molar-refractivity contribution in [1.82, 2.24) is 9.88 Å². The molecule has 0 radical (unpaired) electrons. The van der Waals surface area contributed by atoms with Crippen LogP contribution in [-0.2, 0) is 20.7 Å². The molecule has 1 heterocycles. The Kier molecular flexibility index (Phi) is 5.18. The van der Waals surface area contributed by atoms with Crippen LogP contribution in [0.2, 0.25) is 0 Å². The Balaban J connectivity index is 1.37. The standard InChI is InChI=1S/C19H24N2O3/c1-21(12-14-9-10-14)18(22)13-24-19(23)8-4-5-15-11-20-17-7-3-2-6-16(15)17/h2-3,6-7,11,14,20H,4-5,8-10,12-13H2,1H3. The van der Waals surface area contributed by atoms with Crippen LogP contribution in [0.5, 0.6) is 0 Å². The van der Waals surface area contributed by atoms with E-state index < -0.39 is 0 Å². The smallest absolute Gasteiger partial charge is 0.306 e. The number of aromatic amines is 1. The van der Waals surface area contributed by atoms with Crippen molar-refractivity contribution in [2.24, 2.45) is 5.92 Å². The van der Waals surface area contributed by atoms with Gasteiger partial charge in [0.15, 0.2) is 6.61 Å². The van der Waals surface area contributed by atoms with Gasteiger partial charge in [0.2, 0.25) is 0 Å². The van der Waals surface area contributed by atoms with Crippen molar-refractivity contribution in [3.63, 3.8) is 0 Å². The molecule has 0 bridgehead atoms. The van der Waals surface area contributed by atoms with Crippen molar-refractivity contribution in [1.29, 1.82) is 0 Å². The minimum Gasteiger partial charge on any atom is -0.456 e. The highest BCUT2D eigenvalue weighted by Crippen LogP contribution is 2.29. The maximum absolute atomic E-state index is 11.9. The lowest BCUT2D eigenvalue weighted by atomic mass is 10.1. The maximum Gasteiger partial charge on any atom is 0.306 e.